The van der Waals surface area contributed by atoms with E-state index in [9.17, 15) is 10.1 Å². The lowest BCUT2D eigenvalue weighted by molar-refractivity contribution is -0.133. The van der Waals surface area contributed by atoms with Crippen LogP contribution in [0.15, 0.2) is 54.6 Å². The molecule has 2 aliphatic carbocycles. The molecule has 12 heteroatoms. The van der Waals surface area contributed by atoms with Crippen molar-refractivity contribution in [2.24, 2.45) is 18.9 Å². The van der Waals surface area contributed by atoms with Crippen LogP contribution in [0.2, 0.25) is 10.0 Å². The van der Waals surface area contributed by atoms with Gasteiger partial charge in [-0.25, -0.2) is 9.37 Å². The quantitative estimate of drug-likeness (QED) is 0.167. The van der Waals surface area contributed by atoms with Crippen molar-refractivity contribution in [2.45, 2.75) is 69.7 Å². The Morgan fingerprint density at radius 1 is 1.09 bits per heavy atom. The normalized spacial score (nSPS) is 23.4. The van der Waals surface area contributed by atoms with Crippen molar-refractivity contribution in [3.63, 3.8) is 0 Å². The van der Waals surface area contributed by atoms with Crippen molar-refractivity contribution >= 4 is 61.8 Å². The number of halogens is 3. The lowest BCUT2D eigenvalue weighted by Crippen LogP contribution is -2.41. The number of hydrogen-bond acceptors (Lipinski definition) is 6. The number of benzene rings is 3. The highest BCUT2D eigenvalue weighted by molar-refractivity contribution is 6.43. The van der Waals surface area contributed by atoms with E-state index in [1.807, 2.05) is 53.9 Å². The number of nitrogens with zero attached hydrogens (tertiary/aromatic N) is 6. The van der Waals surface area contributed by atoms with Gasteiger partial charge in [0.1, 0.15) is 11.6 Å². The Hall–Kier alpha value is -4.69. The summed E-state index contributed by atoms with van der Waals surface area (Å²) in [6.07, 6.45) is 3.72. The predicted molar refractivity (Wildman–Crippen MR) is 207 cm³/mol. The molecule has 0 radical (unpaired) electrons. The maximum absolute atomic E-state index is 17.3. The first-order valence-corrected chi connectivity index (χ1v) is 19.6. The van der Waals surface area contributed by atoms with Crippen molar-refractivity contribution in [2.75, 3.05) is 13.1 Å². The van der Waals surface area contributed by atoms with E-state index in [-0.39, 0.29) is 53.0 Å². The van der Waals surface area contributed by atoms with Crippen LogP contribution in [0.1, 0.15) is 61.1 Å². The first-order chi connectivity index (χ1) is 26.2. The first kappa shape index (κ1) is 33.8. The topological polar surface area (TPSA) is 101 Å². The molecule has 54 heavy (non-hydrogen) atoms. The number of hydrogen-bond donors (Lipinski definition) is 1. The molecule has 5 fully saturated rings. The van der Waals surface area contributed by atoms with E-state index in [4.69, 9.17) is 38.0 Å². The van der Waals surface area contributed by atoms with Crippen molar-refractivity contribution < 1.29 is 13.9 Å². The van der Waals surface area contributed by atoms with Crippen LogP contribution in [0, 0.1) is 35.9 Å². The van der Waals surface area contributed by atoms with E-state index in [1.165, 1.54) is 0 Å². The van der Waals surface area contributed by atoms with E-state index in [2.05, 4.69) is 22.0 Å². The Balaban J connectivity index is 1.17. The summed E-state index contributed by atoms with van der Waals surface area (Å²) in [5.41, 5.74) is 5.34. The van der Waals surface area contributed by atoms with E-state index in [0.717, 1.165) is 53.3 Å². The van der Waals surface area contributed by atoms with Gasteiger partial charge in [0.2, 0.25) is 11.8 Å². The van der Waals surface area contributed by atoms with Crippen LogP contribution in [0.4, 0.5) is 4.39 Å². The maximum atomic E-state index is 17.3. The zero-order valence-corrected chi connectivity index (χ0v) is 31.5. The molecule has 6 heterocycles. The molecule has 1 N–H and O–H groups in total. The summed E-state index contributed by atoms with van der Waals surface area (Å²) in [4.78, 5) is 21.1. The van der Waals surface area contributed by atoms with Gasteiger partial charge in [-0.15, -0.1) is 5.10 Å². The fourth-order valence-electron chi connectivity index (χ4n) is 9.50. The molecule has 5 aliphatic rings. The molecule has 274 valence electrons. The van der Waals surface area contributed by atoms with E-state index < -0.39 is 5.82 Å². The number of pyridine rings is 1. The standard InChI is InChI=1S/C42H38Cl2FN7O2/c1-21-28-18-34(33-17-25(20-51(33)42(53)22-12-13-22)54-41-26-8-3-4-11-32(26)50(2)49-41)52(39-24-16-31(39)47-19-24)40(28)29-15-23(7-6-14-46)35(37(45)38(29)48-21)27-9-5-10-30(43)36(27)44/h3-5,8-11,15,18,22,24-25,31,33,39,47H,6-7,12-13,16-17,19-20H2,1-2H3/t24-,25+,31-,33-,39+/m1/s1. The molecule has 3 aromatic heterocycles. The second-order valence-corrected chi connectivity index (χ2v) is 16.3. The van der Waals surface area contributed by atoms with Gasteiger partial charge < -0.3 is 19.5 Å². The summed E-state index contributed by atoms with van der Waals surface area (Å²) >= 11 is 13.1. The minimum Gasteiger partial charge on any atom is -0.471 e. The third kappa shape index (κ3) is 5.15. The molecule has 6 aromatic rings. The van der Waals surface area contributed by atoms with Crippen LogP contribution < -0.4 is 10.1 Å². The monoisotopic (exact) mass is 761 g/mol. The molecule has 11 rings (SSSR count). The second kappa shape index (κ2) is 12.7. The largest absolute Gasteiger partial charge is 0.471 e. The zero-order valence-electron chi connectivity index (χ0n) is 30.0. The van der Waals surface area contributed by atoms with E-state index in [0.29, 0.717) is 64.0 Å². The van der Waals surface area contributed by atoms with Crippen molar-refractivity contribution in [3.05, 3.63) is 87.4 Å². The molecule has 2 saturated carbocycles. The second-order valence-electron chi connectivity index (χ2n) is 15.5. The van der Waals surface area contributed by atoms with Crippen LogP contribution in [0.25, 0.3) is 43.8 Å². The molecule has 2 bridgehead atoms. The number of likely N-dealkylation sites (tertiary alicyclic amines) is 1. The van der Waals surface area contributed by atoms with Gasteiger partial charge in [0, 0.05) is 71.7 Å². The van der Waals surface area contributed by atoms with Gasteiger partial charge in [0.15, 0.2) is 5.82 Å². The summed E-state index contributed by atoms with van der Waals surface area (Å²) in [6, 6.07) is 19.8. The maximum Gasteiger partial charge on any atom is 0.241 e. The number of carbonyl (C=O) groups is 1. The van der Waals surface area contributed by atoms with Gasteiger partial charge >= 0.3 is 0 Å². The van der Waals surface area contributed by atoms with Crippen molar-refractivity contribution in [3.8, 4) is 23.1 Å². The highest BCUT2D eigenvalue weighted by Gasteiger charge is 2.51. The molecule has 9 nitrogen and oxygen atoms in total. The molecule has 3 saturated heterocycles. The summed E-state index contributed by atoms with van der Waals surface area (Å²) in [5.74, 6) is 0.679. The fourth-order valence-corrected chi connectivity index (χ4v) is 9.89. The number of carbonyl (C=O) groups excluding carboxylic acids is 1. The SMILES string of the molecule is Cc1nc2c(F)c(-c3cccc(Cl)c3Cl)c(CCC#N)cc2c2c1cc([C@H]1C[C@H](Oc3nn(C)c4ccccc34)CN1C(=O)C1CC1)n2[C@H]1[C@H]2CN[C@@H]1C2. The number of amides is 1. The van der Waals surface area contributed by atoms with Crippen molar-refractivity contribution in [1.82, 2.24) is 29.5 Å². The molecular formula is C42H38Cl2FN7O2. The molecule has 0 spiro atoms. The Morgan fingerprint density at radius 3 is 2.69 bits per heavy atom. The molecule has 0 unspecified atom stereocenters. The Labute approximate surface area is 321 Å². The van der Waals surface area contributed by atoms with Crippen LogP contribution >= 0.6 is 23.2 Å². The number of aromatic nitrogens is 4. The highest BCUT2D eigenvalue weighted by Crippen LogP contribution is 2.51. The average molecular weight is 763 g/mol. The number of para-hydroxylation sites is 1. The van der Waals surface area contributed by atoms with Gasteiger partial charge in [-0.05, 0) is 74.4 Å². The Kier molecular flexibility index (Phi) is 7.95. The summed E-state index contributed by atoms with van der Waals surface area (Å²) in [5, 5.41) is 21.2. The van der Waals surface area contributed by atoms with Crippen LogP contribution in [-0.4, -0.2) is 55.4 Å². The predicted octanol–water partition coefficient (Wildman–Crippen LogP) is 8.62. The molecular weight excluding hydrogens is 724 g/mol. The summed E-state index contributed by atoms with van der Waals surface area (Å²) in [7, 11) is 1.91. The summed E-state index contributed by atoms with van der Waals surface area (Å²) < 4.78 is 28.2. The minimum absolute atomic E-state index is 0.0269. The van der Waals surface area contributed by atoms with Crippen LogP contribution in [0.3, 0.4) is 0 Å². The minimum atomic E-state index is -0.485. The number of rotatable bonds is 8. The highest BCUT2D eigenvalue weighted by atomic mass is 35.5. The Bertz CT molecular complexity index is 2580. The third-order valence-electron chi connectivity index (χ3n) is 12.2. The van der Waals surface area contributed by atoms with Gasteiger partial charge in [-0.2, -0.15) is 5.26 Å². The smallest absolute Gasteiger partial charge is 0.241 e. The Morgan fingerprint density at radius 2 is 1.93 bits per heavy atom. The van der Waals surface area contributed by atoms with Gasteiger partial charge in [0.05, 0.1) is 51.2 Å². The van der Waals surface area contributed by atoms with E-state index in [1.54, 1.807) is 18.2 Å². The van der Waals surface area contributed by atoms with Crippen LogP contribution in [0.5, 0.6) is 5.88 Å². The zero-order chi connectivity index (χ0) is 37.0. The van der Waals surface area contributed by atoms with E-state index >= 15 is 4.39 Å². The molecule has 3 aromatic carbocycles. The van der Waals surface area contributed by atoms with Gasteiger partial charge in [0.25, 0.3) is 0 Å². The summed E-state index contributed by atoms with van der Waals surface area (Å²) in [6.45, 7) is 3.29. The molecule has 1 amide bonds. The number of ether oxygens (including phenoxy) is 1. The number of aryl methyl sites for hydroxylation is 3. The average Bonchev–Trinajstić information content (AvgIpc) is 3.52. The number of nitriles is 1. The molecule has 3 aliphatic heterocycles. The number of nitrogens with one attached hydrogen (secondary N) is 1. The lowest BCUT2D eigenvalue weighted by atomic mass is 9.79. The van der Waals surface area contributed by atoms with Crippen molar-refractivity contribution in [1.29, 1.82) is 5.26 Å². The van der Waals surface area contributed by atoms with Gasteiger partial charge in [-0.1, -0.05) is 47.5 Å². The lowest BCUT2D eigenvalue weighted by Gasteiger charge is -2.39. The third-order valence-corrected chi connectivity index (χ3v) is 13.1. The van der Waals surface area contributed by atoms with Gasteiger partial charge in [-0.3, -0.25) is 9.48 Å². The van der Waals surface area contributed by atoms with Crippen LogP contribution in [-0.2, 0) is 18.3 Å². The first-order valence-electron chi connectivity index (χ1n) is 18.8. The fraction of sp³-hybridized carbons (Fsp3) is 0.381. The molecule has 5 atom stereocenters. The number of fused-ring (bicyclic) bond motifs is 5.